The summed E-state index contributed by atoms with van der Waals surface area (Å²) in [5, 5.41) is 0.926. The number of nitrogens with one attached hydrogen (secondary N) is 1. The van der Waals surface area contributed by atoms with E-state index in [1.54, 1.807) is 55.5 Å². The lowest BCUT2D eigenvalue weighted by Gasteiger charge is -2.11. The summed E-state index contributed by atoms with van der Waals surface area (Å²) in [5.41, 5.74) is 3.39. The smallest absolute Gasteiger partial charge is 0.267 e. The number of aromatic nitrogens is 2. The van der Waals surface area contributed by atoms with E-state index in [-0.39, 0.29) is 10.6 Å². The molecule has 0 aliphatic rings. The molecule has 1 aromatic heterocycles. The van der Waals surface area contributed by atoms with Crippen molar-refractivity contribution in [3.8, 4) is 0 Å². The largest absolute Gasteiger partial charge is 0.281 e. The number of amides is 1. The van der Waals surface area contributed by atoms with E-state index in [0.717, 1.165) is 4.68 Å². The maximum Gasteiger partial charge on any atom is 0.281 e. The molecule has 3 aromatic rings. The van der Waals surface area contributed by atoms with E-state index in [2.05, 4.69) is 10.4 Å². The first-order valence-electron chi connectivity index (χ1n) is 7.38. The van der Waals surface area contributed by atoms with Crippen molar-refractivity contribution in [2.24, 2.45) is 0 Å². The Morgan fingerprint density at radius 3 is 2.56 bits per heavy atom. The summed E-state index contributed by atoms with van der Waals surface area (Å²) in [6.07, 6.45) is 1.49. The van der Waals surface area contributed by atoms with Crippen molar-refractivity contribution in [1.82, 2.24) is 9.66 Å². The predicted octanol–water partition coefficient (Wildman–Crippen LogP) is 3.71. The minimum absolute atomic E-state index is 0.0678. The number of aryl methyl sites for hydroxylation is 1. The number of para-hydroxylation sites is 1. The van der Waals surface area contributed by atoms with Crippen LogP contribution in [0.3, 0.4) is 0 Å². The van der Waals surface area contributed by atoms with Crippen LogP contribution in [-0.4, -0.2) is 15.6 Å². The zero-order valence-corrected chi connectivity index (χ0v) is 14.7. The van der Waals surface area contributed by atoms with E-state index in [0.29, 0.717) is 27.3 Å². The number of carbonyl (C=O) groups is 1. The van der Waals surface area contributed by atoms with Crippen molar-refractivity contribution < 1.29 is 4.79 Å². The number of carbonyl (C=O) groups excluding carboxylic acids is 1. The third kappa shape index (κ3) is 3.73. The van der Waals surface area contributed by atoms with Crippen LogP contribution in [0.2, 0.25) is 5.02 Å². The zero-order chi connectivity index (χ0) is 18.0. The number of nitrogens with zero attached hydrogens (tertiary/aromatic N) is 2. The fourth-order valence-electron chi connectivity index (χ4n) is 2.30. The molecule has 1 heterocycles. The van der Waals surface area contributed by atoms with Crippen molar-refractivity contribution in [2.45, 2.75) is 6.92 Å². The molecule has 0 saturated carbocycles. The molecule has 0 aliphatic heterocycles. The summed E-state index contributed by atoms with van der Waals surface area (Å²) >= 11 is 11.9. The molecular weight excluding hydrogens is 361 g/mol. The maximum atomic E-state index is 12.5. The van der Waals surface area contributed by atoms with Gasteiger partial charge in [-0.15, -0.1) is 0 Å². The molecule has 0 unspecified atom stereocenters. The fraction of sp³-hybridized carbons (Fsp3) is 0.0556. The monoisotopic (exact) mass is 373 g/mol. The van der Waals surface area contributed by atoms with Crippen LogP contribution in [0, 0.1) is 6.92 Å². The molecule has 0 fully saturated rings. The predicted molar refractivity (Wildman–Crippen MR) is 100 cm³/mol. The topological polar surface area (TPSA) is 64.0 Å². The molecule has 1 N–H and O–H groups in total. The van der Waals surface area contributed by atoms with Gasteiger partial charge in [0, 0.05) is 5.02 Å². The molecule has 25 heavy (non-hydrogen) atoms. The molecule has 0 spiro atoms. The molecule has 0 aliphatic carbocycles. The number of halogens is 2. The molecule has 3 rings (SSSR count). The van der Waals surface area contributed by atoms with Crippen LogP contribution in [-0.2, 0) is 4.79 Å². The summed E-state index contributed by atoms with van der Waals surface area (Å²) in [5.74, 6) is -0.257. The van der Waals surface area contributed by atoms with Crippen molar-refractivity contribution in [3.63, 3.8) is 0 Å². The van der Waals surface area contributed by atoms with Crippen LogP contribution in [0.25, 0.3) is 17.0 Å². The number of rotatable bonds is 3. The Morgan fingerprint density at radius 2 is 1.84 bits per heavy atom. The first-order chi connectivity index (χ1) is 12.0. The summed E-state index contributed by atoms with van der Waals surface area (Å²) in [6, 6.07) is 13.8. The second-order valence-electron chi connectivity index (χ2n) is 5.30. The Labute approximate surface area is 153 Å². The maximum absolute atomic E-state index is 12.5. The van der Waals surface area contributed by atoms with Crippen LogP contribution in [0.5, 0.6) is 0 Å². The molecule has 0 radical (unpaired) electrons. The van der Waals surface area contributed by atoms with Crippen molar-refractivity contribution in [2.75, 3.05) is 5.43 Å². The molecular formula is C18H13Cl2N3O2. The van der Waals surface area contributed by atoms with Crippen LogP contribution in [0.4, 0.5) is 0 Å². The Bertz CT molecular complexity index is 1040. The van der Waals surface area contributed by atoms with Gasteiger partial charge in [0.1, 0.15) is 10.9 Å². The van der Waals surface area contributed by atoms with Gasteiger partial charge in [-0.3, -0.25) is 15.0 Å². The standard InChI is InChI=1S/C18H13Cl2N3O2/c1-11-21-16-5-3-2-4-14(16)18(25)23(11)22-17(24)15(20)10-12-6-8-13(19)9-7-12/h2-10H,1H3,(H,22,24)/b15-10-. The second-order valence-corrected chi connectivity index (χ2v) is 6.15. The highest BCUT2D eigenvalue weighted by atomic mass is 35.5. The van der Waals surface area contributed by atoms with Crippen molar-refractivity contribution >= 4 is 46.1 Å². The summed E-state index contributed by atoms with van der Waals surface area (Å²) in [6.45, 7) is 1.63. The van der Waals surface area contributed by atoms with E-state index in [1.807, 2.05) is 0 Å². The van der Waals surface area contributed by atoms with Gasteiger partial charge in [0.25, 0.3) is 11.5 Å². The van der Waals surface area contributed by atoms with Gasteiger partial charge in [0.15, 0.2) is 0 Å². The molecule has 0 bridgehead atoms. The van der Waals surface area contributed by atoms with E-state index in [4.69, 9.17) is 23.2 Å². The van der Waals surface area contributed by atoms with E-state index in [1.165, 1.54) is 6.08 Å². The number of hydrogen-bond acceptors (Lipinski definition) is 3. The normalized spacial score (nSPS) is 11.6. The lowest BCUT2D eigenvalue weighted by molar-refractivity contribution is -0.113. The Morgan fingerprint density at radius 1 is 1.16 bits per heavy atom. The third-order valence-electron chi connectivity index (χ3n) is 3.54. The molecule has 0 saturated heterocycles. The molecule has 126 valence electrons. The first-order valence-corrected chi connectivity index (χ1v) is 8.14. The minimum Gasteiger partial charge on any atom is -0.267 e. The van der Waals surface area contributed by atoms with Gasteiger partial charge >= 0.3 is 0 Å². The average molecular weight is 374 g/mol. The quantitative estimate of drug-likeness (QED) is 0.711. The Kier molecular flexibility index (Phi) is 4.88. The fourth-order valence-corrected chi connectivity index (χ4v) is 2.60. The van der Waals surface area contributed by atoms with E-state index >= 15 is 0 Å². The average Bonchev–Trinajstić information content (AvgIpc) is 2.60. The number of hydrogen-bond donors (Lipinski definition) is 1. The summed E-state index contributed by atoms with van der Waals surface area (Å²) < 4.78 is 1.09. The molecule has 5 nitrogen and oxygen atoms in total. The number of fused-ring (bicyclic) bond motifs is 1. The van der Waals surface area contributed by atoms with E-state index in [9.17, 15) is 9.59 Å². The summed E-state index contributed by atoms with van der Waals surface area (Å²) in [4.78, 5) is 29.1. The van der Waals surface area contributed by atoms with Gasteiger partial charge < -0.3 is 0 Å². The SMILES string of the molecule is Cc1nc2ccccc2c(=O)n1NC(=O)/C(Cl)=C/c1ccc(Cl)cc1. The minimum atomic E-state index is -0.612. The highest BCUT2D eigenvalue weighted by molar-refractivity contribution is 6.45. The third-order valence-corrected chi connectivity index (χ3v) is 4.07. The van der Waals surface area contributed by atoms with Crippen molar-refractivity contribution in [1.29, 1.82) is 0 Å². The Balaban J connectivity index is 1.91. The van der Waals surface area contributed by atoms with Crippen LogP contribution >= 0.6 is 23.2 Å². The van der Waals surface area contributed by atoms with Gasteiger partial charge in [-0.2, -0.15) is 0 Å². The number of benzene rings is 2. The van der Waals surface area contributed by atoms with Crippen molar-refractivity contribution in [3.05, 3.63) is 80.3 Å². The van der Waals surface area contributed by atoms with Gasteiger partial charge in [-0.25, -0.2) is 9.66 Å². The first kappa shape index (κ1) is 17.2. The van der Waals surface area contributed by atoms with Crippen LogP contribution in [0.1, 0.15) is 11.4 Å². The highest BCUT2D eigenvalue weighted by Crippen LogP contribution is 2.15. The highest BCUT2D eigenvalue weighted by Gasteiger charge is 2.12. The molecule has 7 heteroatoms. The zero-order valence-electron chi connectivity index (χ0n) is 13.2. The van der Waals surface area contributed by atoms with Gasteiger partial charge in [0.2, 0.25) is 0 Å². The molecule has 0 atom stereocenters. The second kappa shape index (κ2) is 7.09. The van der Waals surface area contributed by atoms with Gasteiger partial charge in [0.05, 0.1) is 10.9 Å². The molecule has 2 aromatic carbocycles. The lowest BCUT2D eigenvalue weighted by Crippen LogP contribution is -2.35. The summed E-state index contributed by atoms with van der Waals surface area (Å²) in [7, 11) is 0. The van der Waals surface area contributed by atoms with E-state index < -0.39 is 5.91 Å². The van der Waals surface area contributed by atoms with Gasteiger partial charge in [-0.1, -0.05) is 47.5 Å². The van der Waals surface area contributed by atoms with Crippen LogP contribution < -0.4 is 11.0 Å². The Hall–Kier alpha value is -2.63. The van der Waals surface area contributed by atoms with Gasteiger partial charge in [-0.05, 0) is 42.8 Å². The lowest BCUT2D eigenvalue weighted by atomic mass is 10.2. The molecule has 1 amide bonds. The van der Waals surface area contributed by atoms with Crippen LogP contribution in [0.15, 0.2) is 58.4 Å².